The first-order valence-corrected chi connectivity index (χ1v) is 12.2. The number of carboxylic acid groups (broad SMARTS) is 1. The van der Waals surface area contributed by atoms with Crippen molar-refractivity contribution in [3.05, 3.63) is 29.6 Å². The van der Waals surface area contributed by atoms with Crippen molar-refractivity contribution >= 4 is 33.8 Å². The Morgan fingerprint density at radius 1 is 1.29 bits per heavy atom. The number of benzene rings is 1. The number of halogens is 1. The average Bonchev–Trinajstić information content (AvgIpc) is 2.59. The summed E-state index contributed by atoms with van der Waals surface area (Å²) in [6.45, 7) is 2.73. The lowest BCUT2D eigenvalue weighted by atomic mass is 9.80. The molecular weight excluding hydrogens is 405 g/mol. The lowest BCUT2D eigenvalue weighted by Gasteiger charge is -2.47. The topological polar surface area (TPSA) is 90.0 Å². The summed E-state index contributed by atoms with van der Waals surface area (Å²) in [5.74, 6) is 1.19. The Morgan fingerprint density at radius 3 is 2.57 bits per heavy atom. The van der Waals surface area contributed by atoms with Crippen LogP contribution in [0, 0.1) is 17.7 Å². The van der Waals surface area contributed by atoms with Crippen LogP contribution in [-0.4, -0.2) is 62.1 Å². The Hall–Kier alpha value is -1.52. The fourth-order valence-electron chi connectivity index (χ4n) is 3.96. The molecule has 0 bridgehead atoms. The van der Waals surface area contributed by atoms with E-state index < -0.39 is 16.1 Å². The first-order valence-electron chi connectivity index (χ1n) is 9.34. The van der Waals surface area contributed by atoms with Crippen molar-refractivity contribution in [2.75, 3.05) is 43.1 Å². The highest BCUT2D eigenvalue weighted by Crippen LogP contribution is 2.36. The molecule has 0 radical (unpaired) electrons. The normalized spacial score (nSPS) is 19.4. The van der Waals surface area contributed by atoms with Crippen LogP contribution in [0.25, 0.3) is 0 Å². The van der Waals surface area contributed by atoms with Crippen LogP contribution in [0.2, 0.25) is 0 Å². The second-order valence-corrected chi connectivity index (χ2v) is 10.3. The minimum absolute atomic E-state index is 0.233. The van der Waals surface area contributed by atoms with Crippen LogP contribution in [0.5, 0.6) is 0 Å². The van der Waals surface area contributed by atoms with Gasteiger partial charge in [-0.2, -0.15) is 0 Å². The molecule has 2 N–H and O–H groups in total. The molecule has 2 aliphatic heterocycles. The van der Waals surface area contributed by atoms with Gasteiger partial charge in [-0.1, -0.05) is 12.1 Å². The monoisotopic (exact) mass is 431 g/mol. The standard InChI is InChI=1S/C18H26FN3O4S2/c1-28(25,26)22-8-5-13(6-9-22)15-11-21(12-15)16-4-2-3-14(17(16)19)7-10-27-20-18(23)24/h2-4,13,15,20H,5-12H2,1H3,(H,23,24). The molecule has 28 heavy (non-hydrogen) atoms. The van der Waals surface area contributed by atoms with Crippen molar-refractivity contribution < 1.29 is 22.7 Å². The number of nitrogens with one attached hydrogen (secondary N) is 1. The van der Waals surface area contributed by atoms with Gasteiger partial charge in [0, 0.05) is 31.9 Å². The van der Waals surface area contributed by atoms with E-state index in [1.165, 1.54) is 6.26 Å². The third-order valence-corrected chi connectivity index (χ3v) is 7.61. The van der Waals surface area contributed by atoms with Crippen LogP contribution < -0.4 is 9.62 Å². The van der Waals surface area contributed by atoms with Gasteiger partial charge in [0.15, 0.2) is 0 Å². The molecule has 0 atom stereocenters. The second kappa shape index (κ2) is 8.87. The minimum atomic E-state index is -3.11. The highest BCUT2D eigenvalue weighted by Gasteiger charge is 2.37. The Labute approximate surface area is 169 Å². The number of amides is 1. The molecule has 0 saturated carbocycles. The maximum atomic E-state index is 14.8. The van der Waals surface area contributed by atoms with E-state index >= 15 is 0 Å². The summed E-state index contributed by atoms with van der Waals surface area (Å²) in [4.78, 5) is 12.5. The predicted molar refractivity (Wildman–Crippen MR) is 109 cm³/mol. The first kappa shape index (κ1) is 21.2. The highest BCUT2D eigenvalue weighted by molar-refractivity contribution is 7.97. The summed E-state index contributed by atoms with van der Waals surface area (Å²) in [6, 6.07) is 5.35. The van der Waals surface area contributed by atoms with E-state index in [-0.39, 0.29) is 5.82 Å². The predicted octanol–water partition coefficient (Wildman–Crippen LogP) is 2.39. The zero-order chi connectivity index (χ0) is 20.3. The first-order chi connectivity index (χ1) is 13.3. The SMILES string of the molecule is CS(=O)(=O)N1CCC(C2CN(c3cccc(CCSNC(=O)O)c3F)C2)CC1. The number of hydrogen-bond donors (Lipinski definition) is 2. The fourth-order valence-corrected chi connectivity index (χ4v) is 5.39. The summed E-state index contributed by atoms with van der Waals surface area (Å²) < 4.78 is 41.8. The van der Waals surface area contributed by atoms with Crippen molar-refractivity contribution in [3.63, 3.8) is 0 Å². The second-order valence-electron chi connectivity index (χ2n) is 7.42. The number of sulfonamides is 1. The lowest BCUT2D eigenvalue weighted by Crippen LogP contribution is -2.52. The number of aryl methyl sites for hydroxylation is 1. The molecule has 2 heterocycles. The summed E-state index contributed by atoms with van der Waals surface area (Å²) in [5.41, 5.74) is 1.18. The molecule has 3 rings (SSSR count). The third kappa shape index (κ3) is 5.09. The van der Waals surface area contributed by atoms with Crippen LogP contribution in [0.1, 0.15) is 18.4 Å². The molecule has 0 spiro atoms. The van der Waals surface area contributed by atoms with Gasteiger partial charge in [-0.15, -0.1) is 0 Å². The van der Waals surface area contributed by atoms with Crippen molar-refractivity contribution in [3.8, 4) is 0 Å². The molecule has 1 aromatic rings. The van der Waals surface area contributed by atoms with E-state index in [0.29, 0.717) is 48.3 Å². The number of carbonyl (C=O) groups is 1. The molecule has 1 amide bonds. The van der Waals surface area contributed by atoms with Gasteiger partial charge in [-0.3, -0.25) is 4.72 Å². The van der Waals surface area contributed by atoms with Gasteiger partial charge >= 0.3 is 6.09 Å². The maximum Gasteiger partial charge on any atom is 0.414 e. The van der Waals surface area contributed by atoms with Gasteiger partial charge in [-0.05, 0) is 54.7 Å². The van der Waals surface area contributed by atoms with Crippen LogP contribution in [0.15, 0.2) is 18.2 Å². The Morgan fingerprint density at radius 2 is 1.96 bits per heavy atom. The van der Waals surface area contributed by atoms with E-state index in [9.17, 15) is 17.6 Å². The average molecular weight is 432 g/mol. The number of rotatable bonds is 7. The van der Waals surface area contributed by atoms with E-state index in [4.69, 9.17) is 5.11 Å². The van der Waals surface area contributed by atoms with Gasteiger partial charge in [0.25, 0.3) is 0 Å². The number of anilines is 1. The Bertz CT molecular complexity index is 807. The summed E-state index contributed by atoms with van der Waals surface area (Å²) in [7, 11) is -3.11. The summed E-state index contributed by atoms with van der Waals surface area (Å²) >= 11 is 1.04. The molecule has 2 aliphatic rings. The van der Waals surface area contributed by atoms with Gasteiger partial charge < -0.3 is 10.0 Å². The highest BCUT2D eigenvalue weighted by atomic mass is 32.2. The van der Waals surface area contributed by atoms with Gasteiger partial charge in [0.2, 0.25) is 10.0 Å². The molecule has 156 valence electrons. The molecule has 1 aromatic carbocycles. The molecule has 2 fully saturated rings. The number of hydrogen-bond acceptors (Lipinski definition) is 5. The molecule has 0 unspecified atom stereocenters. The van der Waals surface area contributed by atoms with Crippen LogP contribution in [-0.2, 0) is 16.4 Å². The molecule has 2 saturated heterocycles. The van der Waals surface area contributed by atoms with Gasteiger partial charge in [0.05, 0.1) is 11.9 Å². The van der Waals surface area contributed by atoms with Crippen molar-refractivity contribution in [2.45, 2.75) is 19.3 Å². The maximum absolute atomic E-state index is 14.8. The molecular formula is C18H26FN3O4S2. The molecule has 7 nitrogen and oxygen atoms in total. The summed E-state index contributed by atoms with van der Waals surface area (Å²) in [6.07, 6.45) is 2.33. The smallest absolute Gasteiger partial charge is 0.414 e. The van der Waals surface area contributed by atoms with Crippen LogP contribution in [0.3, 0.4) is 0 Å². The molecule has 0 aromatic heterocycles. The van der Waals surface area contributed by atoms with Crippen LogP contribution >= 0.6 is 11.9 Å². The third-order valence-electron chi connectivity index (χ3n) is 5.58. The Kier molecular flexibility index (Phi) is 6.72. The largest absolute Gasteiger partial charge is 0.464 e. The number of nitrogens with zero attached hydrogens (tertiary/aromatic N) is 2. The lowest BCUT2D eigenvalue weighted by molar-refractivity contribution is 0.180. The quantitative estimate of drug-likeness (QED) is 0.509. The van der Waals surface area contributed by atoms with E-state index in [2.05, 4.69) is 4.72 Å². The van der Waals surface area contributed by atoms with Crippen LogP contribution in [0.4, 0.5) is 14.9 Å². The van der Waals surface area contributed by atoms with E-state index in [0.717, 1.165) is 37.9 Å². The van der Waals surface area contributed by atoms with Crippen molar-refractivity contribution in [1.82, 2.24) is 9.03 Å². The Balaban J connectivity index is 1.50. The molecule has 10 heteroatoms. The fraction of sp³-hybridized carbons (Fsp3) is 0.611. The van der Waals surface area contributed by atoms with E-state index in [1.807, 2.05) is 11.0 Å². The van der Waals surface area contributed by atoms with Gasteiger partial charge in [0.1, 0.15) is 5.82 Å². The van der Waals surface area contributed by atoms with Crippen molar-refractivity contribution in [2.24, 2.45) is 11.8 Å². The van der Waals surface area contributed by atoms with Crippen molar-refractivity contribution in [1.29, 1.82) is 0 Å². The number of piperidine rings is 1. The van der Waals surface area contributed by atoms with Gasteiger partial charge in [-0.25, -0.2) is 21.9 Å². The molecule has 0 aliphatic carbocycles. The zero-order valence-corrected chi connectivity index (χ0v) is 17.4. The minimum Gasteiger partial charge on any atom is -0.464 e. The van der Waals surface area contributed by atoms with E-state index in [1.54, 1.807) is 16.4 Å². The zero-order valence-electron chi connectivity index (χ0n) is 15.8. The summed E-state index contributed by atoms with van der Waals surface area (Å²) in [5, 5.41) is 8.56.